The van der Waals surface area contributed by atoms with Crippen LogP contribution in [0.15, 0.2) is 0 Å². The molecule has 0 aromatic carbocycles. The van der Waals surface area contributed by atoms with Crippen LogP contribution < -0.4 is 10.0 Å². The molecular weight excluding hydrogens is 302 g/mol. The second-order valence-corrected chi connectivity index (χ2v) is 9.60. The number of nitrogens with one attached hydrogen (secondary N) is 2. The minimum Gasteiger partial charge on any atom is -0.354 e. The van der Waals surface area contributed by atoms with Gasteiger partial charge in [0.05, 0.1) is 0 Å². The summed E-state index contributed by atoms with van der Waals surface area (Å²) in [5, 5.41) is 2.97. The Morgan fingerprint density at radius 3 is 2.00 bits per heavy atom. The zero-order chi connectivity index (χ0) is 16.0. The fourth-order valence-corrected chi connectivity index (χ4v) is 5.68. The molecule has 4 fully saturated rings. The highest BCUT2D eigenvalue weighted by atomic mass is 32.2. The van der Waals surface area contributed by atoms with Crippen molar-refractivity contribution in [2.75, 3.05) is 27.2 Å². The van der Waals surface area contributed by atoms with E-state index in [2.05, 4.69) is 10.0 Å². The van der Waals surface area contributed by atoms with Gasteiger partial charge in [0, 0.05) is 32.6 Å². The minimum atomic E-state index is -3.41. The molecule has 2 N–H and O–H groups in total. The Morgan fingerprint density at radius 1 is 1.05 bits per heavy atom. The summed E-state index contributed by atoms with van der Waals surface area (Å²) >= 11 is 0. The first-order chi connectivity index (χ1) is 10.3. The fraction of sp³-hybridized carbons (Fsp3) is 0.933. The fourth-order valence-electron chi connectivity index (χ4n) is 5.06. The highest BCUT2D eigenvalue weighted by Crippen LogP contribution is 2.60. The van der Waals surface area contributed by atoms with E-state index in [1.54, 1.807) is 0 Å². The molecule has 0 unspecified atom stereocenters. The molecule has 4 saturated carbocycles. The molecule has 0 aromatic heterocycles. The molecule has 126 valence electrons. The van der Waals surface area contributed by atoms with Crippen molar-refractivity contribution in [1.82, 2.24) is 14.3 Å². The number of nitrogens with zero attached hydrogens (tertiary/aromatic N) is 1. The molecule has 0 atom stereocenters. The van der Waals surface area contributed by atoms with Crippen LogP contribution in [0.25, 0.3) is 0 Å². The molecule has 4 aliphatic rings. The molecular formula is C15H27N3O3S. The maximum atomic E-state index is 12.7. The molecule has 7 heteroatoms. The summed E-state index contributed by atoms with van der Waals surface area (Å²) in [4.78, 5) is 12.7. The average molecular weight is 329 g/mol. The smallest absolute Gasteiger partial charge is 0.278 e. The quantitative estimate of drug-likeness (QED) is 0.705. The molecule has 0 saturated heterocycles. The molecule has 0 aliphatic heterocycles. The molecule has 6 nitrogen and oxygen atoms in total. The first kappa shape index (κ1) is 16.2. The van der Waals surface area contributed by atoms with Gasteiger partial charge in [0.15, 0.2) is 0 Å². The molecule has 0 heterocycles. The number of hydrogen-bond acceptors (Lipinski definition) is 3. The monoisotopic (exact) mass is 329 g/mol. The number of carbonyl (C=O) groups excluding carboxylic acids is 1. The predicted octanol–water partition coefficient (Wildman–Crippen LogP) is 0.715. The second-order valence-electron chi connectivity index (χ2n) is 7.64. The van der Waals surface area contributed by atoms with Gasteiger partial charge in [0.1, 0.15) is 0 Å². The van der Waals surface area contributed by atoms with Crippen molar-refractivity contribution in [1.29, 1.82) is 0 Å². The van der Waals surface area contributed by atoms with E-state index in [9.17, 15) is 13.2 Å². The van der Waals surface area contributed by atoms with Crippen molar-refractivity contribution in [2.24, 2.45) is 23.2 Å². The van der Waals surface area contributed by atoms with Gasteiger partial charge in [-0.05, 0) is 56.3 Å². The van der Waals surface area contributed by atoms with E-state index in [1.165, 1.54) is 33.4 Å². The summed E-state index contributed by atoms with van der Waals surface area (Å²) in [5.41, 5.74) is -0.158. The van der Waals surface area contributed by atoms with Crippen LogP contribution in [0.5, 0.6) is 0 Å². The maximum Gasteiger partial charge on any atom is 0.278 e. The normalized spacial score (nSPS) is 36.8. The number of hydrogen-bond donors (Lipinski definition) is 2. The largest absolute Gasteiger partial charge is 0.354 e. The molecule has 1 amide bonds. The summed E-state index contributed by atoms with van der Waals surface area (Å²) in [5.74, 6) is 2.37. The average Bonchev–Trinajstić information content (AvgIpc) is 2.41. The van der Waals surface area contributed by atoms with E-state index in [4.69, 9.17) is 0 Å². The standard InChI is InChI=1S/C15H27N3O3S/c1-18(2)22(20,21)17-4-3-16-14(19)15-8-11-5-12(9-15)7-13(6-11)10-15/h11-13,17H,3-10H2,1-2H3,(H,16,19). The zero-order valence-electron chi connectivity index (χ0n) is 13.5. The highest BCUT2D eigenvalue weighted by molar-refractivity contribution is 7.87. The summed E-state index contributed by atoms with van der Waals surface area (Å²) in [6.07, 6.45) is 7.05. The Hall–Kier alpha value is -0.660. The van der Waals surface area contributed by atoms with E-state index in [0.717, 1.165) is 41.3 Å². The van der Waals surface area contributed by atoms with Crippen molar-refractivity contribution in [3.05, 3.63) is 0 Å². The SMILES string of the molecule is CN(C)S(=O)(=O)NCCNC(=O)C12CC3CC(CC(C3)C1)C2. The number of carbonyl (C=O) groups is 1. The van der Waals surface area contributed by atoms with Crippen LogP contribution in [0.3, 0.4) is 0 Å². The Balaban J connectivity index is 1.51. The number of rotatable bonds is 6. The number of amides is 1. The van der Waals surface area contributed by atoms with E-state index in [-0.39, 0.29) is 17.9 Å². The lowest BCUT2D eigenvalue weighted by molar-refractivity contribution is -0.146. The van der Waals surface area contributed by atoms with E-state index in [1.807, 2.05) is 0 Å². The third-order valence-corrected chi connectivity index (χ3v) is 7.23. The Labute approximate surface area is 133 Å². The van der Waals surface area contributed by atoms with Crippen molar-refractivity contribution in [3.8, 4) is 0 Å². The Bertz CT molecular complexity index is 509. The summed E-state index contributed by atoms with van der Waals surface area (Å²) < 4.78 is 26.8. The van der Waals surface area contributed by atoms with Gasteiger partial charge in [-0.3, -0.25) is 4.79 Å². The van der Waals surface area contributed by atoms with Crippen molar-refractivity contribution in [3.63, 3.8) is 0 Å². The van der Waals surface area contributed by atoms with Crippen LogP contribution in [-0.4, -0.2) is 45.8 Å². The second kappa shape index (κ2) is 5.76. The van der Waals surface area contributed by atoms with Gasteiger partial charge < -0.3 is 5.32 Å². The lowest BCUT2D eigenvalue weighted by atomic mass is 9.49. The minimum absolute atomic E-state index is 0.149. The van der Waals surface area contributed by atoms with E-state index >= 15 is 0 Å². The lowest BCUT2D eigenvalue weighted by Crippen LogP contribution is -2.54. The van der Waals surface area contributed by atoms with Crippen LogP contribution in [0.2, 0.25) is 0 Å². The topological polar surface area (TPSA) is 78.5 Å². The summed E-state index contributed by atoms with van der Waals surface area (Å²) in [7, 11) is -0.444. The molecule has 0 aromatic rings. The van der Waals surface area contributed by atoms with Crippen molar-refractivity contribution < 1.29 is 13.2 Å². The van der Waals surface area contributed by atoms with Crippen LogP contribution in [-0.2, 0) is 15.0 Å². The first-order valence-electron chi connectivity index (χ1n) is 8.26. The molecule has 4 rings (SSSR count). The predicted molar refractivity (Wildman–Crippen MR) is 84.2 cm³/mol. The van der Waals surface area contributed by atoms with Gasteiger partial charge in [0.2, 0.25) is 5.91 Å². The van der Waals surface area contributed by atoms with Gasteiger partial charge in [-0.25, -0.2) is 4.72 Å². The Morgan fingerprint density at radius 2 is 1.55 bits per heavy atom. The third kappa shape index (κ3) is 3.03. The highest BCUT2D eigenvalue weighted by Gasteiger charge is 2.54. The van der Waals surface area contributed by atoms with E-state index < -0.39 is 10.2 Å². The molecule has 0 spiro atoms. The molecule has 4 bridgehead atoms. The lowest BCUT2D eigenvalue weighted by Gasteiger charge is -2.55. The molecule has 22 heavy (non-hydrogen) atoms. The third-order valence-electron chi connectivity index (χ3n) is 5.70. The van der Waals surface area contributed by atoms with Crippen LogP contribution in [0.4, 0.5) is 0 Å². The van der Waals surface area contributed by atoms with Gasteiger partial charge in [-0.2, -0.15) is 12.7 Å². The van der Waals surface area contributed by atoms with Crippen LogP contribution >= 0.6 is 0 Å². The zero-order valence-corrected chi connectivity index (χ0v) is 14.3. The van der Waals surface area contributed by atoms with Crippen molar-refractivity contribution >= 4 is 16.1 Å². The van der Waals surface area contributed by atoms with Gasteiger partial charge in [-0.15, -0.1) is 0 Å². The van der Waals surface area contributed by atoms with Gasteiger partial charge >= 0.3 is 0 Å². The van der Waals surface area contributed by atoms with Crippen LogP contribution in [0, 0.1) is 23.2 Å². The Kier molecular flexibility index (Phi) is 4.24. The van der Waals surface area contributed by atoms with Crippen molar-refractivity contribution in [2.45, 2.75) is 38.5 Å². The molecule has 0 radical (unpaired) electrons. The first-order valence-corrected chi connectivity index (χ1v) is 9.70. The van der Waals surface area contributed by atoms with Gasteiger partial charge in [0.25, 0.3) is 10.2 Å². The maximum absolute atomic E-state index is 12.7. The van der Waals surface area contributed by atoms with Gasteiger partial charge in [-0.1, -0.05) is 0 Å². The molecule has 4 aliphatic carbocycles. The van der Waals surface area contributed by atoms with Crippen LogP contribution in [0.1, 0.15) is 38.5 Å². The van der Waals surface area contributed by atoms with E-state index in [0.29, 0.717) is 6.54 Å². The summed E-state index contributed by atoms with van der Waals surface area (Å²) in [6, 6.07) is 0. The summed E-state index contributed by atoms with van der Waals surface area (Å²) in [6.45, 7) is 0.590.